The van der Waals surface area contributed by atoms with Gasteiger partial charge in [-0.25, -0.2) is 0 Å². The fourth-order valence-corrected chi connectivity index (χ4v) is 0.385. The Kier molecular flexibility index (Phi) is 17.5. The van der Waals surface area contributed by atoms with E-state index in [4.69, 9.17) is 0 Å². The normalized spacial score (nSPS) is 5.20. The number of hydrogen-bond acceptors (Lipinski definition) is 0. The monoisotopic (exact) mass is 130 g/mol. The molecule has 0 radical (unpaired) electrons. The first-order chi connectivity index (χ1) is 5.00. The molecule has 10 heavy (non-hydrogen) atoms. The Bertz CT molecular complexity index is 124. The Labute approximate surface area is 62.9 Å². The van der Waals surface area contributed by atoms with E-state index in [0.717, 1.165) is 0 Å². The van der Waals surface area contributed by atoms with Crippen molar-refractivity contribution in [2.24, 2.45) is 0 Å². The van der Waals surface area contributed by atoms with Crippen LogP contribution in [-0.2, 0) is 0 Å². The molecule has 0 aromatic heterocycles. The standard InChI is InChI=1S/C6H6.2C2H2/c1-2-4-6-5-3-1;2*1-2/h1-6H;2*1-2H. The SMILES string of the molecule is C#C.C#C.c1ccccc1. The lowest BCUT2D eigenvalue weighted by atomic mass is 10.4. The molecular formula is C10H10. The molecule has 50 valence electrons. The van der Waals surface area contributed by atoms with Crippen LogP contribution in [0.5, 0.6) is 0 Å². The van der Waals surface area contributed by atoms with E-state index < -0.39 is 0 Å². The molecule has 0 atom stereocenters. The molecule has 1 aromatic rings. The number of benzene rings is 1. The van der Waals surface area contributed by atoms with E-state index in [-0.39, 0.29) is 0 Å². The molecule has 0 nitrogen and oxygen atoms in total. The van der Waals surface area contributed by atoms with Crippen LogP contribution in [-0.4, -0.2) is 0 Å². The molecule has 0 aliphatic carbocycles. The van der Waals surface area contributed by atoms with Crippen molar-refractivity contribution in [1.82, 2.24) is 0 Å². The van der Waals surface area contributed by atoms with Gasteiger partial charge in [-0.1, -0.05) is 36.4 Å². The molecule has 0 saturated carbocycles. The lowest BCUT2D eigenvalue weighted by Crippen LogP contribution is -1.47. The fourth-order valence-electron chi connectivity index (χ4n) is 0.385. The maximum Gasteiger partial charge on any atom is -0.0623 e. The van der Waals surface area contributed by atoms with Crippen molar-refractivity contribution in [3.63, 3.8) is 0 Å². The minimum absolute atomic E-state index is 2.00. The zero-order valence-corrected chi connectivity index (χ0v) is 5.77. The van der Waals surface area contributed by atoms with E-state index in [1.165, 1.54) is 0 Å². The second-order valence-corrected chi connectivity index (χ2v) is 1.15. The predicted octanol–water partition coefficient (Wildman–Crippen LogP) is 2.19. The van der Waals surface area contributed by atoms with Gasteiger partial charge in [-0.3, -0.25) is 0 Å². The zero-order valence-electron chi connectivity index (χ0n) is 5.77. The molecule has 0 saturated heterocycles. The van der Waals surface area contributed by atoms with Gasteiger partial charge in [0.1, 0.15) is 0 Å². The molecule has 0 heteroatoms. The van der Waals surface area contributed by atoms with E-state index in [9.17, 15) is 0 Å². The highest BCUT2D eigenvalue weighted by Gasteiger charge is 1.57. The van der Waals surface area contributed by atoms with Crippen molar-refractivity contribution in [2.75, 3.05) is 0 Å². The lowest BCUT2D eigenvalue weighted by molar-refractivity contribution is 1.72. The Morgan fingerprint density at radius 1 is 0.400 bits per heavy atom. The summed E-state index contributed by atoms with van der Waals surface area (Å²) in [7, 11) is 0. The Morgan fingerprint density at radius 3 is 0.600 bits per heavy atom. The molecule has 0 N–H and O–H groups in total. The third-order valence-electron chi connectivity index (χ3n) is 0.667. The van der Waals surface area contributed by atoms with E-state index in [1.54, 1.807) is 0 Å². The van der Waals surface area contributed by atoms with E-state index in [0.29, 0.717) is 0 Å². The van der Waals surface area contributed by atoms with Gasteiger partial charge in [0.05, 0.1) is 0 Å². The molecule has 0 aliphatic heterocycles. The van der Waals surface area contributed by atoms with Gasteiger partial charge in [-0.2, -0.15) is 0 Å². The third kappa shape index (κ3) is 9.60. The molecular weight excluding hydrogens is 120 g/mol. The first-order valence-electron chi connectivity index (χ1n) is 2.67. The molecule has 0 bridgehead atoms. The van der Waals surface area contributed by atoms with E-state index >= 15 is 0 Å². The first kappa shape index (κ1) is 11.2. The summed E-state index contributed by atoms with van der Waals surface area (Å²) in [5, 5.41) is 0. The minimum atomic E-state index is 2.00. The molecule has 0 fully saturated rings. The zero-order chi connectivity index (χ0) is 8.24. The molecule has 1 rings (SSSR count). The summed E-state index contributed by atoms with van der Waals surface area (Å²) in [5.74, 6) is 0. The third-order valence-corrected chi connectivity index (χ3v) is 0.667. The van der Waals surface area contributed by atoms with Gasteiger partial charge < -0.3 is 0 Å². The van der Waals surface area contributed by atoms with Crippen molar-refractivity contribution in [2.45, 2.75) is 0 Å². The summed E-state index contributed by atoms with van der Waals surface area (Å²) in [4.78, 5) is 0. The average molecular weight is 130 g/mol. The summed E-state index contributed by atoms with van der Waals surface area (Å²) < 4.78 is 0. The molecule has 0 amide bonds. The maximum atomic E-state index is 4.00. The quantitative estimate of drug-likeness (QED) is 0.472. The van der Waals surface area contributed by atoms with Gasteiger partial charge in [0, 0.05) is 0 Å². The minimum Gasteiger partial charge on any atom is -0.124 e. The van der Waals surface area contributed by atoms with Crippen LogP contribution >= 0.6 is 0 Å². The second kappa shape index (κ2) is 15.7. The Hall–Kier alpha value is -1.66. The van der Waals surface area contributed by atoms with Crippen molar-refractivity contribution in [1.29, 1.82) is 0 Å². The maximum absolute atomic E-state index is 4.00. The van der Waals surface area contributed by atoms with Crippen LogP contribution in [0.25, 0.3) is 0 Å². The van der Waals surface area contributed by atoms with Crippen LogP contribution in [0.15, 0.2) is 36.4 Å². The highest BCUT2D eigenvalue weighted by molar-refractivity contribution is 4.99. The van der Waals surface area contributed by atoms with Crippen LogP contribution in [0.1, 0.15) is 0 Å². The summed E-state index contributed by atoms with van der Waals surface area (Å²) >= 11 is 0. The average Bonchev–Trinajstić information content (AvgIpc) is 2.14. The van der Waals surface area contributed by atoms with Gasteiger partial charge in [0.15, 0.2) is 0 Å². The highest BCUT2D eigenvalue weighted by Crippen LogP contribution is 1.79. The topological polar surface area (TPSA) is 0 Å². The van der Waals surface area contributed by atoms with Crippen molar-refractivity contribution >= 4 is 0 Å². The molecule has 0 aliphatic rings. The largest absolute Gasteiger partial charge is 0.124 e. The van der Waals surface area contributed by atoms with Crippen molar-refractivity contribution < 1.29 is 0 Å². The number of terminal acetylenes is 2. The van der Waals surface area contributed by atoms with Crippen LogP contribution in [0.4, 0.5) is 0 Å². The van der Waals surface area contributed by atoms with E-state index in [1.807, 2.05) is 36.4 Å². The molecule has 0 unspecified atom stereocenters. The van der Waals surface area contributed by atoms with Crippen LogP contribution in [0.3, 0.4) is 0 Å². The summed E-state index contributed by atoms with van der Waals surface area (Å²) in [6.45, 7) is 0. The molecule has 0 heterocycles. The Morgan fingerprint density at radius 2 is 0.500 bits per heavy atom. The lowest BCUT2D eigenvalue weighted by Gasteiger charge is -1.69. The molecule has 1 aromatic carbocycles. The number of rotatable bonds is 0. The van der Waals surface area contributed by atoms with Gasteiger partial charge >= 0.3 is 0 Å². The highest BCUT2D eigenvalue weighted by atomic mass is 13.6. The number of hydrogen-bond donors (Lipinski definition) is 0. The van der Waals surface area contributed by atoms with Gasteiger partial charge in [0.25, 0.3) is 0 Å². The molecule has 0 spiro atoms. The summed E-state index contributed by atoms with van der Waals surface area (Å²) in [6.07, 6.45) is 16.0. The first-order valence-corrected chi connectivity index (χ1v) is 2.67. The van der Waals surface area contributed by atoms with Crippen LogP contribution in [0, 0.1) is 25.7 Å². The van der Waals surface area contributed by atoms with E-state index in [2.05, 4.69) is 25.7 Å². The predicted molar refractivity (Wildman–Crippen MR) is 46.2 cm³/mol. The fraction of sp³-hybridized carbons (Fsp3) is 0. The van der Waals surface area contributed by atoms with Crippen molar-refractivity contribution in [3.8, 4) is 25.7 Å². The van der Waals surface area contributed by atoms with Gasteiger partial charge in [0.2, 0.25) is 0 Å². The summed E-state index contributed by atoms with van der Waals surface area (Å²) in [5.41, 5.74) is 0. The summed E-state index contributed by atoms with van der Waals surface area (Å²) in [6, 6.07) is 12.0. The van der Waals surface area contributed by atoms with Crippen molar-refractivity contribution in [3.05, 3.63) is 36.4 Å². The second-order valence-electron chi connectivity index (χ2n) is 1.15. The van der Waals surface area contributed by atoms with Crippen LogP contribution < -0.4 is 0 Å². The smallest absolute Gasteiger partial charge is 0.0623 e. The van der Waals surface area contributed by atoms with Gasteiger partial charge in [-0.15, -0.1) is 25.7 Å². The van der Waals surface area contributed by atoms with Gasteiger partial charge in [-0.05, 0) is 0 Å². The Balaban J connectivity index is 0. The van der Waals surface area contributed by atoms with Crippen LogP contribution in [0.2, 0.25) is 0 Å².